The summed E-state index contributed by atoms with van der Waals surface area (Å²) in [6.07, 6.45) is 10.4. The Kier molecular flexibility index (Phi) is 3.51. The molecule has 0 aromatic carbocycles. The first-order valence-corrected chi connectivity index (χ1v) is 8.06. The van der Waals surface area contributed by atoms with E-state index in [0.29, 0.717) is 6.04 Å². The quantitative estimate of drug-likeness (QED) is 0.789. The van der Waals surface area contributed by atoms with Crippen LogP contribution in [0.15, 0.2) is 48.8 Å². The predicted octanol–water partition coefficient (Wildman–Crippen LogP) is 4.14. The fourth-order valence-corrected chi connectivity index (χ4v) is 3.25. The highest BCUT2D eigenvalue weighted by Gasteiger charge is 2.14. The van der Waals surface area contributed by atoms with Crippen LogP contribution in [0.3, 0.4) is 0 Å². The molecule has 3 aromatic heterocycles. The maximum atomic E-state index is 4.80. The van der Waals surface area contributed by atoms with Gasteiger partial charge in [-0.2, -0.15) is 5.10 Å². The fourth-order valence-electron chi connectivity index (χ4n) is 3.25. The van der Waals surface area contributed by atoms with Crippen molar-refractivity contribution in [2.75, 3.05) is 5.32 Å². The Morgan fingerprint density at radius 3 is 2.82 bits per heavy atom. The summed E-state index contributed by atoms with van der Waals surface area (Å²) in [4.78, 5) is 4.80. The van der Waals surface area contributed by atoms with Crippen molar-refractivity contribution in [1.82, 2.24) is 14.6 Å². The monoisotopic (exact) mass is 292 g/mol. The summed E-state index contributed by atoms with van der Waals surface area (Å²) in [5, 5.41) is 7.99. The second-order valence-corrected chi connectivity index (χ2v) is 5.98. The summed E-state index contributed by atoms with van der Waals surface area (Å²) in [6.45, 7) is 0. The number of pyridine rings is 2. The molecule has 0 spiro atoms. The molecule has 3 aromatic rings. The van der Waals surface area contributed by atoms with Gasteiger partial charge in [0.05, 0.1) is 17.4 Å². The average Bonchev–Trinajstić information content (AvgIpc) is 3.00. The molecule has 4 nitrogen and oxygen atoms in total. The summed E-state index contributed by atoms with van der Waals surface area (Å²) in [7, 11) is 0. The molecule has 1 aliphatic carbocycles. The molecule has 1 aliphatic rings. The van der Waals surface area contributed by atoms with Gasteiger partial charge in [-0.3, -0.25) is 0 Å². The van der Waals surface area contributed by atoms with E-state index in [0.717, 1.165) is 22.6 Å². The van der Waals surface area contributed by atoms with E-state index in [4.69, 9.17) is 4.98 Å². The Morgan fingerprint density at radius 2 is 1.91 bits per heavy atom. The van der Waals surface area contributed by atoms with Gasteiger partial charge in [-0.15, -0.1) is 0 Å². The van der Waals surface area contributed by atoms with Gasteiger partial charge in [0.25, 0.3) is 0 Å². The van der Waals surface area contributed by atoms with Crippen LogP contribution in [0.4, 0.5) is 5.82 Å². The lowest BCUT2D eigenvalue weighted by molar-refractivity contribution is 0.462. The van der Waals surface area contributed by atoms with E-state index in [-0.39, 0.29) is 0 Å². The topological polar surface area (TPSA) is 42.2 Å². The summed E-state index contributed by atoms with van der Waals surface area (Å²) in [6, 6.07) is 12.8. The minimum atomic E-state index is 0.570. The lowest BCUT2D eigenvalue weighted by Gasteiger charge is -2.23. The van der Waals surface area contributed by atoms with E-state index < -0.39 is 0 Å². The molecule has 1 saturated carbocycles. The molecule has 0 aliphatic heterocycles. The van der Waals surface area contributed by atoms with Crippen LogP contribution in [0.25, 0.3) is 16.8 Å². The van der Waals surface area contributed by atoms with Crippen LogP contribution < -0.4 is 5.32 Å². The molecule has 1 fully saturated rings. The van der Waals surface area contributed by atoms with Crippen molar-refractivity contribution in [1.29, 1.82) is 0 Å². The predicted molar refractivity (Wildman–Crippen MR) is 88.9 cm³/mol. The molecule has 22 heavy (non-hydrogen) atoms. The molecule has 4 rings (SSSR count). The number of rotatable bonds is 3. The highest BCUT2D eigenvalue weighted by Crippen LogP contribution is 2.25. The lowest BCUT2D eigenvalue weighted by Crippen LogP contribution is -2.22. The second-order valence-electron chi connectivity index (χ2n) is 5.98. The number of hydrogen-bond acceptors (Lipinski definition) is 3. The second kappa shape index (κ2) is 5.79. The molecular formula is C18H20N4. The Bertz CT molecular complexity index is 771. The van der Waals surface area contributed by atoms with Gasteiger partial charge in [-0.05, 0) is 37.1 Å². The Labute approximate surface area is 130 Å². The van der Waals surface area contributed by atoms with E-state index in [9.17, 15) is 0 Å². The summed E-state index contributed by atoms with van der Waals surface area (Å²) in [5.41, 5.74) is 3.14. The minimum Gasteiger partial charge on any atom is -0.367 e. The lowest BCUT2D eigenvalue weighted by atomic mass is 9.95. The van der Waals surface area contributed by atoms with Crippen molar-refractivity contribution in [2.24, 2.45) is 0 Å². The number of nitrogens with one attached hydrogen (secondary N) is 1. The summed E-state index contributed by atoms with van der Waals surface area (Å²) in [5.74, 6) is 0.972. The molecule has 1 N–H and O–H groups in total. The van der Waals surface area contributed by atoms with Crippen LogP contribution in [0.1, 0.15) is 32.1 Å². The van der Waals surface area contributed by atoms with Gasteiger partial charge in [0, 0.05) is 17.8 Å². The van der Waals surface area contributed by atoms with Crippen LogP contribution in [0.2, 0.25) is 0 Å². The van der Waals surface area contributed by atoms with Crippen molar-refractivity contribution in [3.8, 4) is 11.3 Å². The molecule has 0 bridgehead atoms. The SMILES string of the molecule is c1cc(NC2CCCCC2)nc(-c2cnn3ccccc23)c1. The number of anilines is 1. The Morgan fingerprint density at radius 1 is 1.00 bits per heavy atom. The molecule has 0 radical (unpaired) electrons. The molecule has 0 amide bonds. The first-order chi connectivity index (χ1) is 10.9. The van der Waals surface area contributed by atoms with E-state index in [1.54, 1.807) is 0 Å². The van der Waals surface area contributed by atoms with Gasteiger partial charge in [0.15, 0.2) is 0 Å². The zero-order valence-electron chi connectivity index (χ0n) is 12.6. The molecule has 3 heterocycles. The van der Waals surface area contributed by atoms with Crippen molar-refractivity contribution in [2.45, 2.75) is 38.1 Å². The maximum absolute atomic E-state index is 4.80. The average molecular weight is 292 g/mol. The van der Waals surface area contributed by atoms with Crippen LogP contribution in [0.5, 0.6) is 0 Å². The zero-order valence-corrected chi connectivity index (χ0v) is 12.6. The summed E-state index contributed by atoms with van der Waals surface area (Å²) >= 11 is 0. The highest BCUT2D eigenvalue weighted by atomic mass is 15.2. The van der Waals surface area contributed by atoms with Crippen LogP contribution >= 0.6 is 0 Å². The Hall–Kier alpha value is -2.36. The fraction of sp³-hybridized carbons (Fsp3) is 0.333. The minimum absolute atomic E-state index is 0.570. The van der Waals surface area contributed by atoms with Crippen molar-refractivity contribution >= 4 is 11.3 Å². The zero-order chi connectivity index (χ0) is 14.8. The van der Waals surface area contributed by atoms with Gasteiger partial charge >= 0.3 is 0 Å². The third-order valence-corrected chi connectivity index (χ3v) is 4.41. The highest BCUT2D eigenvalue weighted by molar-refractivity contribution is 5.78. The third kappa shape index (κ3) is 2.56. The molecule has 0 unspecified atom stereocenters. The standard InChI is InChI=1S/C18H20N4/c1-2-7-14(8-3-1)20-18-11-6-9-16(21-18)15-13-19-22-12-5-4-10-17(15)22/h4-6,9-14H,1-3,7-8H2,(H,20,21). The van der Waals surface area contributed by atoms with Crippen molar-refractivity contribution in [3.63, 3.8) is 0 Å². The van der Waals surface area contributed by atoms with Gasteiger partial charge in [0.2, 0.25) is 0 Å². The van der Waals surface area contributed by atoms with E-state index >= 15 is 0 Å². The van der Waals surface area contributed by atoms with Crippen LogP contribution in [-0.2, 0) is 0 Å². The van der Waals surface area contributed by atoms with E-state index in [2.05, 4.69) is 34.7 Å². The number of hydrogen-bond donors (Lipinski definition) is 1. The molecule has 0 atom stereocenters. The number of aromatic nitrogens is 3. The van der Waals surface area contributed by atoms with Gasteiger partial charge in [-0.1, -0.05) is 31.4 Å². The van der Waals surface area contributed by atoms with Gasteiger partial charge < -0.3 is 5.32 Å². The normalized spacial score (nSPS) is 16.0. The van der Waals surface area contributed by atoms with Crippen molar-refractivity contribution < 1.29 is 0 Å². The molecule has 112 valence electrons. The van der Waals surface area contributed by atoms with E-state index in [1.165, 1.54) is 32.1 Å². The number of fused-ring (bicyclic) bond motifs is 1. The first kappa shape index (κ1) is 13.3. The van der Waals surface area contributed by atoms with Crippen LogP contribution in [-0.4, -0.2) is 20.6 Å². The number of nitrogens with zero attached hydrogens (tertiary/aromatic N) is 3. The first-order valence-electron chi connectivity index (χ1n) is 8.06. The van der Waals surface area contributed by atoms with Crippen molar-refractivity contribution in [3.05, 3.63) is 48.8 Å². The third-order valence-electron chi connectivity index (χ3n) is 4.41. The smallest absolute Gasteiger partial charge is 0.126 e. The Balaban J connectivity index is 1.63. The van der Waals surface area contributed by atoms with E-state index in [1.807, 2.05) is 29.0 Å². The molecular weight excluding hydrogens is 272 g/mol. The van der Waals surface area contributed by atoms with Gasteiger partial charge in [-0.25, -0.2) is 9.50 Å². The van der Waals surface area contributed by atoms with Gasteiger partial charge in [0.1, 0.15) is 5.82 Å². The molecule has 0 saturated heterocycles. The maximum Gasteiger partial charge on any atom is 0.126 e. The molecule has 4 heteroatoms. The van der Waals surface area contributed by atoms with Crippen LogP contribution in [0, 0.1) is 0 Å². The summed E-state index contributed by atoms with van der Waals surface area (Å²) < 4.78 is 1.89. The largest absolute Gasteiger partial charge is 0.367 e.